The minimum absolute atomic E-state index is 0.0331. The zero-order chi connectivity index (χ0) is 12.2. The zero-order valence-corrected chi connectivity index (χ0v) is 10.6. The van der Waals surface area contributed by atoms with Gasteiger partial charge in [-0.1, -0.05) is 13.3 Å². The molecule has 0 bridgehead atoms. The van der Waals surface area contributed by atoms with Crippen molar-refractivity contribution in [2.24, 2.45) is 5.73 Å². The molecule has 1 amide bonds. The molecule has 94 valence electrons. The highest BCUT2D eigenvalue weighted by molar-refractivity contribution is 5.86. The van der Waals surface area contributed by atoms with Gasteiger partial charge in [0.05, 0.1) is 5.54 Å². The Morgan fingerprint density at radius 3 is 2.50 bits per heavy atom. The van der Waals surface area contributed by atoms with E-state index < -0.39 is 5.54 Å². The first-order chi connectivity index (χ1) is 7.40. The minimum atomic E-state index is -0.733. The Hall–Kier alpha value is -0.610. The van der Waals surface area contributed by atoms with Crippen molar-refractivity contribution in [3.05, 3.63) is 0 Å². The highest BCUT2D eigenvalue weighted by atomic mass is 16.5. The predicted molar refractivity (Wildman–Crippen MR) is 64.1 cm³/mol. The van der Waals surface area contributed by atoms with E-state index in [9.17, 15) is 4.79 Å². The highest BCUT2D eigenvalue weighted by Crippen LogP contribution is 2.20. The van der Waals surface area contributed by atoms with Gasteiger partial charge < -0.3 is 15.8 Å². The third-order valence-electron chi connectivity index (χ3n) is 3.16. The number of carbonyl (C=O) groups is 1. The monoisotopic (exact) mass is 228 g/mol. The third-order valence-corrected chi connectivity index (χ3v) is 3.16. The van der Waals surface area contributed by atoms with Gasteiger partial charge in [-0.15, -0.1) is 0 Å². The summed E-state index contributed by atoms with van der Waals surface area (Å²) in [7, 11) is 0. The van der Waals surface area contributed by atoms with Crippen LogP contribution in [-0.2, 0) is 9.53 Å². The van der Waals surface area contributed by atoms with Gasteiger partial charge in [-0.25, -0.2) is 0 Å². The Labute approximate surface area is 97.9 Å². The first kappa shape index (κ1) is 13.5. The molecule has 0 aromatic heterocycles. The number of nitrogens with two attached hydrogens (primary N) is 1. The number of nitrogens with one attached hydrogen (secondary N) is 1. The SMILES string of the molecule is CCCC(C)(C)NC(=O)C1(N)CCOCC1. The molecule has 0 aromatic rings. The molecule has 0 radical (unpaired) electrons. The molecular weight excluding hydrogens is 204 g/mol. The first-order valence-corrected chi connectivity index (χ1v) is 6.09. The highest BCUT2D eigenvalue weighted by Gasteiger charge is 2.37. The van der Waals surface area contributed by atoms with E-state index in [1.165, 1.54) is 0 Å². The van der Waals surface area contributed by atoms with Crippen LogP contribution in [0.15, 0.2) is 0 Å². The van der Waals surface area contributed by atoms with Crippen LogP contribution in [0, 0.1) is 0 Å². The maximum absolute atomic E-state index is 12.1. The standard InChI is InChI=1S/C12H24N2O2/c1-4-5-11(2,3)14-10(15)12(13)6-8-16-9-7-12/h4-9,13H2,1-3H3,(H,14,15). The summed E-state index contributed by atoms with van der Waals surface area (Å²) < 4.78 is 5.23. The second-order valence-corrected chi connectivity index (χ2v) is 5.36. The number of amides is 1. The summed E-state index contributed by atoms with van der Waals surface area (Å²) in [5.41, 5.74) is 5.21. The Balaban J connectivity index is 2.56. The molecule has 1 rings (SSSR count). The van der Waals surface area contributed by atoms with Crippen LogP contribution in [0.2, 0.25) is 0 Å². The van der Waals surface area contributed by atoms with Gasteiger partial charge in [-0.3, -0.25) is 4.79 Å². The second kappa shape index (κ2) is 5.15. The minimum Gasteiger partial charge on any atom is -0.381 e. The second-order valence-electron chi connectivity index (χ2n) is 5.36. The largest absolute Gasteiger partial charge is 0.381 e. The lowest BCUT2D eigenvalue weighted by atomic mass is 9.88. The molecule has 1 aliphatic rings. The number of hydrogen-bond acceptors (Lipinski definition) is 3. The number of hydrogen-bond donors (Lipinski definition) is 2. The van der Waals surface area contributed by atoms with Gasteiger partial charge >= 0.3 is 0 Å². The molecule has 4 nitrogen and oxygen atoms in total. The van der Waals surface area contributed by atoms with E-state index in [-0.39, 0.29) is 11.4 Å². The van der Waals surface area contributed by atoms with E-state index in [0.717, 1.165) is 12.8 Å². The first-order valence-electron chi connectivity index (χ1n) is 6.09. The lowest BCUT2D eigenvalue weighted by Gasteiger charge is -2.36. The van der Waals surface area contributed by atoms with Gasteiger partial charge in [0.2, 0.25) is 5.91 Å². The summed E-state index contributed by atoms with van der Waals surface area (Å²) in [5.74, 6) is -0.0331. The van der Waals surface area contributed by atoms with Crippen molar-refractivity contribution in [2.45, 2.75) is 57.5 Å². The van der Waals surface area contributed by atoms with Gasteiger partial charge in [0.1, 0.15) is 0 Å². The molecule has 1 heterocycles. The van der Waals surface area contributed by atoms with Crippen LogP contribution in [-0.4, -0.2) is 30.2 Å². The molecule has 1 fully saturated rings. The molecule has 1 aliphatic heterocycles. The van der Waals surface area contributed by atoms with Crippen molar-refractivity contribution < 1.29 is 9.53 Å². The van der Waals surface area contributed by atoms with Crippen LogP contribution in [0.25, 0.3) is 0 Å². The molecule has 0 spiro atoms. The Kier molecular flexibility index (Phi) is 4.33. The molecule has 1 saturated heterocycles. The molecular formula is C12H24N2O2. The number of ether oxygens (including phenoxy) is 1. The maximum Gasteiger partial charge on any atom is 0.240 e. The molecule has 0 unspecified atom stereocenters. The van der Waals surface area contributed by atoms with E-state index in [1.807, 2.05) is 13.8 Å². The summed E-state index contributed by atoms with van der Waals surface area (Å²) in [6, 6.07) is 0. The molecule has 3 N–H and O–H groups in total. The fraction of sp³-hybridized carbons (Fsp3) is 0.917. The molecule has 0 atom stereocenters. The van der Waals surface area contributed by atoms with Crippen molar-refractivity contribution >= 4 is 5.91 Å². The van der Waals surface area contributed by atoms with Crippen LogP contribution in [0.4, 0.5) is 0 Å². The Morgan fingerprint density at radius 1 is 1.44 bits per heavy atom. The van der Waals surface area contributed by atoms with Crippen LogP contribution in [0.3, 0.4) is 0 Å². The average molecular weight is 228 g/mol. The van der Waals surface area contributed by atoms with Crippen LogP contribution in [0.5, 0.6) is 0 Å². The smallest absolute Gasteiger partial charge is 0.240 e. The molecule has 0 aromatic carbocycles. The fourth-order valence-corrected chi connectivity index (χ4v) is 2.08. The third kappa shape index (κ3) is 3.46. The molecule has 4 heteroatoms. The van der Waals surface area contributed by atoms with Crippen LogP contribution < -0.4 is 11.1 Å². The van der Waals surface area contributed by atoms with E-state index >= 15 is 0 Å². The summed E-state index contributed by atoms with van der Waals surface area (Å²) >= 11 is 0. The number of carbonyl (C=O) groups excluding carboxylic acids is 1. The van der Waals surface area contributed by atoms with Gasteiger partial charge in [0.25, 0.3) is 0 Å². The summed E-state index contributed by atoms with van der Waals surface area (Å²) in [6.45, 7) is 7.35. The van der Waals surface area contributed by atoms with E-state index in [0.29, 0.717) is 26.1 Å². The maximum atomic E-state index is 12.1. The van der Waals surface area contributed by atoms with Crippen molar-refractivity contribution in [3.8, 4) is 0 Å². The molecule has 16 heavy (non-hydrogen) atoms. The molecule has 0 saturated carbocycles. The van der Waals surface area contributed by atoms with Gasteiger partial charge in [-0.05, 0) is 33.1 Å². The number of rotatable bonds is 4. The van der Waals surface area contributed by atoms with E-state index in [1.54, 1.807) is 0 Å². The summed E-state index contributed by atoms with van der Waals surface area (Å²) in [6.07, 6.45) is 3.24. The fourth-order valence-electron chi connectivity index (χ4n) is 2.08. The Morgan fingerprint density at radius 2 is 2.00 bits per heavy atom. The quantitative estimate of drug-likeness (QED) is 0.759. The lowest BCUT2D eigenvalue weighted by molar-refractivity contribution is -0.131. The van der Waals surface area contributed by atoms with Crippen LogP contribution in [0.1, 0.15) is 46.5 Å². The molecule has 0 aliphatic carbocycles. The van der Waals surface area contributed by atoms with Gasteiger partial charge in [0.15, 0.2) is 0 Å². The lowest BCUT2D eigenvalue weighted by Crippen LogP contribution is -2.60. The summed E-state index contributed by atoms with van der Waals surface area (Å²) in [4.78, 5) is 12.1. The summed E-state index contributed by atoms with van der Waals surface area (Å²) in [5, 5.41) is 3.05. The van der Waals surface area contributed by atoms with Gasteiger partial charge in [-0.2, -0.15) is 0 Å². The predicted octanol–water partition coefficient (Wildman–Crippen LogP) is 1.19. The van der Waals surface area contributed by atoms with E-state index in [4.69, 9.17) is 10.5 Å². The zero-order valence-electron chi connectivity index (χ0n) is 10.6. The van der Waals surface area contributed by atoms with Crippen molar-refractivity contribution in [2.75, 3.05) is 13.2 Å². The Bertz CT molecular complexity index is 245. The van der Waals surface area contributed by atoms with Crippen molar-refractivity contribution in [3.63, 3.8) is 0 Å². The van der Waals surface area contributed by atoms with E-state index in [2.05, 4.69) is 12.2 Å². The van der Waals surface area contributed by atoms with Crippen molar-refractivity contribution in [1.29, 1.82) is 0 Å². The topological polar surface area (TPSA) is 64.4 Å². The van der Waals surface area contributed by atoms with Crippen molar-refractivity contribution in [1.82, 2.24) is 5.32 Å². The van der Waals surface area contributed by atoms with Gasteiger partial charge in [0, 0.05) is 18.8 Å². The average Bonchev–Trinajstić information content (AvgIpc) is 2.17. The normalized spacial score (nSPS) is 20.5. The van der Waals surface area contributed by atoms with Crippen LogP contribution >= 0.6 is 0 Å².